The van der Waals surface area contributed by atoms with Gasteiger partial charge in [-0.05, 0) is 49.4 Å². The highest BCUT2D eigenvalue weighted by molar-refractivity contribution is 5.25. The summed E-state index contributed by atoms with van der Waals surface area (Å²) >= 11 is 0. The lowest BCUT2D eigenvalue weighted by molar-refractivity contribution is 0.238. The van der Waals surface area contributed by atoms with Crippen molar-refractivity contribution in [3.8, 4) is 0 Å². The molecule has 1 saturated heterocycles. The number of nitrogens with two attached hydrogens (primary N) is 1. The van der Waals surface area contributed by atoms with E-state index in [2.05, 4.69) is 29.8 Å². The molecular weight excluding hydrogens is 222 g/mol. The molecule has 1 aliphatic rings. The highest BCUT2D eigenvalue weighted by Crippen LogP contribution is 2.30. The quantitative estimate of drug-likeness (QED) is 0.869. The molecule has 2 N–H and O–H groups in total. The molecule has 0 aliphatic carbocycles. The number of nitrogens with zero attached hydrogens (tertiary/aromatic N) is 2. The Hall–Kier alpha value is -0.930. The second-order valence-corrected chi connectivity index (χ2v) is 5.42. The van der Waals surface area contributed by atoms with Crippen molar-refractivity contribution in [1.82, 2.24) is 9.88 Å². The molecule has 1 fully saturated rings. The van der Waals surface area contributed by atoms with Gasteiger partial charge in [0, 0.05) is 31.5 Å². The predicted molar refractivity (Wildman–Crippen MR) is 75.4 cm³/mol. The smallest absolute Gasteiger partial charge is 0.0488 e. The molecule has 3 nitrogen and oxygen atoms in total. The lowest BCUT2D eigenvalue weighted by Gasteiger charge is -2.28. The van der Waals surface area contributed by atoms with Crippen molar-refractivity contribution in [3.63, 3.8) is 0 Å². The summed E-state index contributed by atoms with van der Waals surface area (Å²) in [5.74, 6) is 0.862. The molecule has 3 heteroatoms. The van der Waals surface area contributed by atoms with Crippen LogP contribution >= 0.6 is 0 Å². The van der Waals surface area contributed by atoms with Gasteiger partial charge in [0.15, 0.2) is 0 Å². The molecule has 0 spiro atoms. The Bertz CT molecular complexity index is 378. The Kier molecular flexibility index (Phi) is 4.72. The maximum absolute atomic E-state index is 6.00. The van der Waals surface area contributed by atoms with E-state index >= 15 is 0 Å². The number of aryl methyl sites for hydroxylation is 1. The minimum absolute atomic E-state index is 0.348. The van der Waals surface area contributed by atoms with Crippen molar-refractivity contribution in [3.05, 3.63) is 29.6 Å². The summed E-state index contributed by atoms with van der Waals surface area (Å²) in [4.78, 5) is 6.80. The van der Waals surface area contributed by atoms with Gasteiger partial charge in [-0.1, -0.05) is 13.3 Å². The topological polar surface area (TPSA) is 42.1 Å². The third-order valence-corrected chi connectivity index (χ3v) is 4.12. The van der Waals surface area contributed by atoms with E-state index in [0.29, 0.717) is 12.6 Å². The van der Waals surface area contributed by atoms with E-state index in [1.807, 2.05) is 12.4 Å². The number of likely N-dealkylation sites (tertiary alicyclic amines) is 1. The molecule has 1 aromatic rings. The van der Waals surface area contributed by atoms with Gasteiger partial charge in [-0.3, -0.25) is 9.88 Å². The van der Waals surface area contributed by atoms with Crippen LogP contribution in [0.5, 0.6) is 0 Å². The molecule has 1 aliphatic heterocycles. The fraction of sp³-hybridized carbons (Fsp3) is 0.667. The summed E-state index contributed by atoms with van der Waals surface area (Å²) in [5, 5.41) is 0. The van der Waals surface area contributed by atoms with Gasteiger partial charge in [0.1, 0.15) is 0 Å². The Balaban J connectivity index is 2.08. The number of pyridine rings is 1. The zero-order valence-corrected chi connectivity index (χ0v) is 11.6. The summed E-state index contributed by atoms with van der Waals surface area (Å²) in [5.41, 5.74) is 8.61. The van der Waals surface area contributed by atoms with E-state index in [1.165, 1.54) is 43.5 Å². The van der Waals surface area contributed by atoms with Crippen LogP contribution in [0.2, 0.25) is 0 Å². The summed E-state index contributed by atoms with van der Waals surface area (Å²) in [6.07, 6.45) is 7.80. The molecule has 18 heavy (non-hydrogen) atoms. The van der Waals surface area contributed by atoms with Crippen LogP contribution in [0.25, 0.3) is 0 Å². The van der Waals surface area contributed by atoms with Crippen LogP contribution in [0, 0.1) is 12.8 Å². The van der Waals surface area contributed by atoms with Gasteiger partial charge in [0.05, 0.1) is 0 Å². The maximum atomic E-state index is 6.00. The molecule has 0 amide bonds. The molecule has 0 aromatic carbocycles. The van der Waals surface area contributed by atoms with E-state index in [9.17, 15) is 0 Å². The summed E-state index contributed by atoms with van der Waals surface area (Å²) in [6.45, 7) is 7.49. The minimum atomic E-state index is 0.348. The first-order valence-electron chi connectivity index (χ1n) is 7.10. The SMILES string of the molecule is CCCC1CCN(C(CN)c2cnccc2C)C1. The Morgan fingerprint density at radius 2 is 2.39 bits per heavy atom. The third kappa shape index (κ3) is 2.90. The molecule has 100 valence electrons. The van der Waals surface area contributed by atoms with Crippen molar-refractivity contribution in [2.75, 3.05) is 19.6 Å². The van der Waals surface area contributed by atoms with Crippen LogP contribution in [-0.2, 0) is 0 Å². The Morgan fingerprint density at radius 1 is 1.56 bits per heavy atom. The second-order valence-electron chi connectivity index (χ2n) is 5.42. The molecule has 0 bridgehead atoms. The lowest BCUT2D eigenvalue weighted by atomic mass is 10.0. The number of hydrogen-bond donors (Lipinski definition) is 1. The van der Waals surface area contributed by atoms with Crippen LogP contribution in [0.1, 0.15) is 43.4 Å². The molecule has 2 heterocycles. The maximum Gasteiger partial charge on any atom is 0.0488 e. The molecular formula is C15H25N3. The molecule has 1 aromatic heterocycles. The van der Waals surface area contributed by atoms with Crippen LogP contribution in [0.15, 0.2) is 18.5 Å². The van der Waals surface area contributed by atoms with Crippen molar-refractivity contribution in [2.24, 2.45) is 11.7 Å². The van der Waals surface area contributed by atoms with Crippen molar-refractivity contribution in [2.45, 2.75) is 39.2 Å². The van der Waals surface area contributed by atoms with Gasteiger partial charge >= 0.3 is 0 Å². The van der Waals surface area contributed by atoms with Gasteiger partial charge in [-0.2, -0.15) is 0 Å². The van der Waals surface area contributed by atoms with Crippen molar-refractivity contribution in [1.29, 1.82) is 0 Å². The highest BCUT2D eigenvalue weighted by Gasteiger charge is 2.28. The van der Waals surface area contributed by atoms with Crippen LogP contribution < -0.4 is 5.73 Å². The average molecular weight is 247 g/mol. The van der Waals surface area contributed by atoms with Gasteiger partial charge in [-0.25, -0.2) is 0 Å². The van der Waals surface area contributed by atoms with E-state index in [0.717, 1.165) is 5.92 Å². The zero-order chi connectivity index (χ0) is 13.0. The lowest BCUT2D eigenvalue weighted by Crippen LogP contribution is -2.32. The fourth-order valence-electron chi connectivity index (χ4n) is 3.09. The zero-order valence-electron chi connectivity index (χ0n) is 11.6. The Morgan fingerprint density at radius 3 is 3.06 bits per heavy atom. The van der Waals surface area contributed by atoms with E-state index in [4.69, 9.17) is 5.73 Å². The molecule has 2 rings (SSSR count). The van der Waals surface area contributed by atoms with Gasteiger partial charge < -0.3 is 5.73 Å². The number of aromatic nitrogens is 1. The monoisotopic (exact) mass is 247 g/mol. The first kappa shape index (κ1) is 13.5. The van der Waals surface area contributed by atoms with Crippen LogP contribution in [0.4, 0.5) is 0 Å². The van der Waals surface area contributed by atoms with E-state index < -0.39 is 0 Å². The largest absolute Gasteiger partial charge is 0.329 e. The summed E-state index contributed by atoms with van der Waals surface area (Å²) < 4.78 is 0. The van der Waals surface area contributed by atoms with Gasteiger partial charge in [-0.15, -0.1) is 0 Å². The summed E-state index contributed by atoms with van der Waals surface area (Å²) in [7, 11) is 0. The second kappa shape index (κ2) is 6.30. The average Bonchev–Trinajstić information content (AvgIpc) is 2.82. The Labute approximate surface area is 110 Å². The molecule has 0 radical (unpaired) electrons. The van der Waals surface area contributed by atoms with Crippen molar-refractivity contribution < 1.29 is 0 Å². The molecule has 0 saturated carbocycles. The standard InChI is InChI=1S/C15H25N3/c1-3-4-13-6-8-18(11-13)15(9-16)14-10-17-7-5-12(14)2/h5,7,10,13,15H,3-4,6,8-9,11,16H2,1-2H3. The first-order valence-corrected chi connectivity index (χ1v) is 7.10. The van der Waals surface area contributed by atoms with Gasteiger partial charge in [0.25, 0.3) is 0 Å². The van der Waals surface area contributed by atoms with Crippen molar-refractivity contribution >= 4 is 0 Å². The summed E-state index contributed by atoms with van der Waals surface area (Å²) in [6, 6.07) is 2.43. The normalized spacial score (nSPS) is 22.3. The van der Waals surface area contributed by atoms with Crippen LogP contribution in [0.3, 0.4) is 0 Å². The van der Waals surface area contributed by atoms with E-state index in [-0.39, 0.29) is 0 Å². The highest BCUT2D eigenvalue weighted by atomic mass is 15.2. The molecule has 2 unspecified atom stereocenters. The predicted octanol–water partition coefficient (Wildman–Crippen LogP) is 2.51. The number of rotatable bonds is 5. The van der Waals surface area contributed by atoms with E-state index in [1.54, 1.807) is 0 Å². The fourth-order valence-corrected chi connectivity index (χ4v) is 3.09. The van der Waals surface area contributed by atoms with Crippen LogP contribution in [-0.4, -0.2) is 29.5 Å². The first-order chi connectivity index (χ1) is 8.76. The minimum Gasteiger partial charge on any atom is -0.329 e. The van der Waals surface area contributed by atoms with Gasteiger partial charge in [0.2, 0.25) is 0 Å². The molecule has 2 atom stereocenters. The third-order valence-electron chi connectivity index (χ3n) is 4.12. The number of hydrogen-bond acceptors (Lipinski definition) is 3.